The average molecular weight is 344 g/mol. The van der Waals surface area contributed by atoms with Gasteiger partial charge in [-0.05, 0) is 30.3 Å². The van der Waals surface area contributed by atoms with Crippen LogP contribution < -0.4 is 5.32 Å². The smallest absolute Gasteiger partial charge is 0.326 e. The zero-order valence-corrected chi connectivity index (χ0v) is 12.4. The van der Waals surface area contributed by atoms with E-state index in [-0.39, 0.29) is 12.1 Å². The monoisotopic (exact) mass is 344 g/mol. The van der Waals surface area contributed by atoms with Gasteiger partial charge in [-0.1, -0.05) is 6.07 Å². The number of sulfone groups is 1. The molecule has 0 bridgehead atoms. The number of hydrogen-bond donors (Lipinski definition) is 1. The van der Waals surface area contributed by atoms with Crippen molar-refractivity contribution in [3.05, 3.63) is 54.1 Å². The number of carbonyl (C=O) groups is 1. The molecule has 5 nitrogen and oxygen atoms in total. The van der Waals surface area contributed by atoms with Crippen LogP contribution in [0.1, 0.15) is 5.69 Å². The van der Waals surface area contributed by atoms with Gasteiger partial charge in [-0.25, -0.2) is 12.8 Å². The summed E-state index contributed by atoms with van der Waals surface area (Å²) in [5, 5.41) is 2.37. The van der Waals surface area contributed by atoms with E-state index in [0.29, 0.717) is 5.69 Å². The summed E-state index contributed by atoms with van der Waals surface area (Å²) >= 11 is 0. The summed E-state index contributed by atoms with van der Waals surface area (Å²) in [5.41, 5.74) is 0.360. The highest BCUT2D eigenvalue weighted by atomic mass is 32.2. The number of carbonyl (C=O) groups excluding carboxylic acids is 1. The molecule has 0 saturated carbocycles. The van der Waals surface area contributed by atoms with Crippen molar-refractivity contribution in [2.45, 2.75) is 17.1 Å². The minimum atomic E-state index is -4.74. The Morgan fingerprint density at radius 3 is 2.57 bits per heavy atom. The molecule has 1 N–H and O–H groups in total. The third kappa shape index (κ3) is 4.28. The van der Waals surface area contributed by atoms with Gasteiger partial charge in [0.25, 0.3) is 0 Å². The number of nitrogens with zero attached hydrogens (tertiary/aromatic N) is 1. The maximum Gasteiger partial charge on any atom is 0.341 e. The fourth-order valence-electron chi connectivity index (χ4n) is 1.73. The van der Waals surface area contributed by atoms with Crippen LogP contribution in [-0.2, 0) is 21.1 Å². The number of hydrogen-bond acceptors (Lipinski definition) is 4. The second-order valence-corrected chi connectivity index (χ2v) is 6.44. The number of nitrogens with one attached hydrogen (secondary N) is 1. The lowest BCUT2D eigenvalue weighted by Crippen LogP contribution is -2.16. The second-order valence-electron chi connectivity index (χ2n) is 4.53. The second kappa shape index (κ2) is 6.78. The minimum Gasteiger partial charge on any atom is -0.326 e. The van der Waals surface area contributed by atoms with Crippen LogP contribution in [0.15, 0.2) is 47.5 Å². The molecule has 0 atom stereocenters. The number of anilines is 1. The molecule has 0 aliphatic rings. The van der Waals surface area contributed by atoms with E-state index in [1.807, 2.05) is 0 Å². The molecule has 9 heteroatoms. The quantitative estimate of drug-likeness (QED) is 0.904. The van der Waals surface area contributed by atoms with Crippen molar-refractivity contribution in [2.24, 2.45) is 0 Å². The van der Waals surface area contributed by atoms with Gasteiger partial charge in [0.05, 0.1) is 17.5 Å². The third-order valence-corrected chi connectivity index (χ3v) is 4.19. The first-order chi connectivity index (χ1) is 10.8. The molecule has 122 valence electrons. The number of halogens is 3. The summed E-state index contributed by atoms with van der Waals surface area (Å²) in [6, 6.07) is 7.02. The van der Waals surface area contributed by atoms with Crippen molar-refractivity contribution in [3.8, 4) is 0 Å². The molecule has 0 aliphatic heterocycles. The number of aromatic nitrogens is 1. The predicted octanol–water partition coefficient (Wildman–Crippen LogP) is 2.40. The maximum absolute atomic E-state index is 12.7. The maximum atomic E-state index is 12.7. The summed E-state index contributed by atoms with van der Waals surface area (Å²) in [5.74, 6) is -4.63. The van der Waals surface area contributed by atoms with Gasteiger partial charge in [0, 0.05) is 11.4 Å². The van der Waals surface area contributed by atoms with Crippen molar-refractivity contribution in [3.63, 3.8) is 0 Å². The number of pyridine rings is 1. The van der Waals surface area contributed by atoms with Crippen molar-refractivity contribution in [1.29, 1.82) is 0 Å². The normalized spacial score (nSPS) is 11.5. The van der Waals surface area contributed by atoms with E-state index in [4.69, 9.17) is 0 Å². The molecule has 2 rings (SSSR count). The van der Waals surface area contributed by atoms with Gasteiger partial charge in [-0.2, -0.15) is 8.78 Å². The van der Waals surface area contributed by atoms with Crippen LogP contribution in [0.4, 0.5) is 18.9 Å². The fourth-order valence-corrected chi connectivity index (χ4v) is 2.50. The van der Waals surface area contributed by atoms with Gasteiger partial charge in [-0.15, -0.1) is 0 Å². The number of benzene rings is 1. The molecule has 2 aromatic rings. The highest BCUT2D eigenvalue weighted by molar-refractivity contribution is 7.91. The Kier molecular flexibility index (Phi) is 4.99. The number of alkyl halides is 2. The molecule has 0 unspecified atom stereocenters. The lowest BCUT2D eigenvalue weighted by atomic mass is 10.2. The van der Waals surface area contributed by atoms with Gasteiger partial charge in [0.2, 0.25) is 15.7 Å². The van der Waals surface area contributed by atoms with E-state index in [2.05, 4.69) is 10.3 Å². The van der Waals surface area contributed by atoms with Crippen molar-refractivity contribution < 1.29 is 26.4 Å². The number of rotatable bonds is 5. The summed E-state index contributed by atoms with van der Waals surface area (Å²) < 4.78 is 60.5. The topological polar surface area (TPSA) is 76.1 Å². The predicted molar refractivity (Wildman–Crippen MR) is 76.2 cm³/mol. The SMILES string of the molecule is O=C(Cc1ccc(F)cn1)Nc1cccc(S(=O)(=O)C(F)F)c1. The standard InChI is InChI=1S/C14H11F3N2O3S/c15-9-4-5-10(18-8-9)7-13(20)19-11-2-1-3-12(6-11)23(21,22)14(16)17/h1-6,8,14H,7H2,(H,19,20). The van der Waals surface area contributed by atoms with Gasteiger partial charge in [-0.3, -0.25) is 9.78 Å². The van der Waals surface area contributed by atoms with Crippen LogP contribution in [0.5, 0.6) is 0 Å². The molecule has 0 radical (unpaired) electrons. The summed E-state index contributed by atoms with van der Waals surface area (Å²) in [6.07, 6.45) is 0.782. The summed E-state index contributed by atoms with van der Waals surface area (Å²) in [7, 11) is -4.74. The first kappa shape index (κ1) is 16.9. The van der Waals surface area contributed by atoms with Crippen LogP contribution in [0.2, 0.25) is 0 Å². The van der Waals surface area contributed by atoms with Gasteiger partial charge < -0.3 is 5.32 Å². The van der Waals surface area contributed by atoms with E-state index in [1.165, 1.54) is 18.2 Å². The highest BCUT2D eigenvalue weighted by Gasteiger charge is 2.26. The van der Waals surface area contributed by atoms with Crippen LogP contribution in [0, 0.1) is 5.82 Å². The summed E-state index contributed by atoms with van der Waals surface area (Å²) in [6.45, 7) is 0. The Hall–Kier alpha value is -2.42. The van der Waals surface area contributed by atoms with E-state index in [0.717, 1.165) is 24.4 Å². The van der Waals surface area contributed by atoms with Crippen molar-refractivity contribution in [2.75, 3.05) is 5.32 Å². The Morgan fingerprint density at radius 2 is 1.96 bits per heavy atom. The molecule has 23 heavy (non-hydrogen) atoms. The minimum absolute atomic E-state index is 0.0545. The van der Waals surface area contributed by atoms with Gasteiger partial charge >= 0.3 is 5.76 Å². The van der Waals surface area contributed by atoms with Crippen LogP contribution >= 0.6 is 0 Å². The van der Waals surface area contributed by atoms with E-state index >= 15 is 0 Å². The van der Waals surface area contributed by atoms with E-state index < -0.39 is 32.2 Å². The van der Waals surface area contributed by atoms with Crippen molar-refractivity contribution in [1.82, 2.24) is 4.98 Å². The zero-order valence-electron chi connectivity index (χ0n) is 11.5. The molecule has 1 aromatic carbocycles. The molecule has 0 fully saturated rings. The Bertz CT molecular complexity index is 808. The molecule has 1 amide bonds. The summed E-state index contributed by atoms with van der Waals surface area (Å²) in [4.78, 5) is 14.9. The first-order valence-corrected chi connectivity index (χ1v) is 7.86. The Morgan fingerprint density at radius 1 is 1.22 bits per heavy atom. The Labute approximate surface area is 130 Å². The highest BCUT2D eigenvalue weighted by Crippen LogP contribution is 2.21. The number of amides is 1. The largest absolute Gasteiger partial charge is 0.341 e. The van der Waals surface area contributed by atoms with E-state index in [9.17, 15) is 26.4 Å². The molecule has 0 spiro atoms. The Balaban J connectivity index is 2.11. The van der Waals surface area contributed by atoms with Crippen LogP contribution in [0.3, 0.4) is 0 Å². The van der Waals surface area contributed by atoms with Gasteiger partial charge in [0.1, 0.15) is 5.82 Å². The first-order valence-electron chi connectivity index (χ1n) is 6.31. The average Bonchev–Trinajstić information content (AvgIpc) is 2.49. The van der Waals surface area contributed by atoms with E-state index in [1.54, 1.807) is 0 Å². The van der Waals surface area contributed by atoms with Crippen molar-refractivity contribution >= 4 is 21.4 Å². The molecule has 0 saturated heterocycles. The van der Waals surface area contributed by atoms with Gasteiger partial charge in [0.15, 0.2) is 0 Å². The lowest BCUT2D eigenvalue weighted by molar-refractivity contribution is -0.115. The molecular formula is C14H11F3N2O3S. The zero-order chi connectivity index (χ0) is 17.0. The molecule has 1 aromatic heterocycles. The molecule has 1 heterocycles. The third-order valence-electron chi connectivity index (χ3n) is 2.81. The fraction of sp³-hybridized carbons (Fsp3) is 0.143. The molecular weight excluding hydrogens is 333 g/mol. The van der Waals surface area contributed by atoms with Crippen LogP contribution in [-0.4, -0.2) is 25.1 Å². The van der Waals surface area contributed by atoms with Crippen LogP contribution in [0.25, 0.3) is 0 Å². The molecule has 0 aliphatic carbocycles. The lowest BCUT2D eigenvalue weighted by Gasteiger charge is -2.08.